The van der Waals surface area contributed by atoms with Crippen LogP contribution in [0.5, 0.6) is 0 Å². The van der Waals surface area contributed by atoms with Gasteiger partial charge in [-0.3, -0.25) is 5.32 Å². The van der Waals surface area contributed by atoms with Crippen molar-refractivity contribution < 1.29 is 0 Å². The highest BCUT2D eigenvalue weighted by Gasteiger charge is 2.35. The van der Waals surface area contributed by atoms with Gasteiger partial charge >= 0.3 is 0 Å². The predicted molar refractivity (Wildman–Crippen MR) is 63.5 cm³/mol. The summed E-state index contributed by atoms with van der Waals surface area (Å²) in [6.45, 7) is 6.41. The molecule has 1 fully saturated rings. The van der Waals surface area contributed by atoms with Crippen LogP contribution in [-0.2, 0) is 0 Å². The summed E-state index contributed by atoms with van der Waals surface area (Å²) in [5.74, 6) is 0.547. The molecule has 0 aromatic rings. The average molecular weight is 208 g/mol. The standard InChI is InChI=1S/C13H24N2/c1-4-11(2)15-13(3,10-14)12-8-6-5-7-9-12/h11-12,15H,4-9H2,1-3H3. The summed E-state index contributed by atoms with van der Waals surface area (Å²) in [4.78, 5) is 0. The van der Waals surface area contributed by atoms with Gasteiger partial charge in [-0.25, -0.2) is 0 Å². The van der Waals surface area contributed by atoms with Crippen molar-refractivity contribution in [3.63, 3.8) is 0 Å². The molecular weight excluding hydrogens is 184 g/mol. The first-order chi connectivity index (χ1) is 7.12. The molecule has 15 heavy (non-hydrogen) atoms. The molecule has 2 nitrogen and oxygen atoms in total. The van der Waals surface area contributed by atoms with Crippen LogP contribution < -0.4 is 5.32 Å². The van der Waals surface area contributed by atoms with Crippen LogP contribution in [0.25, 0.3) is 0 Å². The number of nitriles is 1. The molecule has 0 bridgehead atoms. The summed E-state index contributed by atoms with van der Waals surface area (Å²) in [6.07, 6.45) is 7.46. The Balaban J connectivity index is 2.61. The molecule has 2 heteroatoms. The van der Waals surface area contributed by atoms with E-state index in [1.165, 1.54) is 32.1 Å². The Morgan fingerprint density at radius 3 is 2.47 bits per heavy atom. The monoisotopic (exact) mass is 208 g/mol. The first kappa shape index (κ1) is 12.5. The fourth-order valence-corrected chi connectivity index (χ4v) is 2.54. The maximum absolute atomic E-state index is 9.37. The van der Waals surface area contributed by atoms with Gasteiger partial charge in [0.2, 0.25) is 0 Å². The topological polar surface area (TPSA) is 35.8 Å². The van der Waals surface area contributed by atoms with Crippen LogP contribution in [-0.4, -0.2) is 11.6 Å². The predicted octanol–water partition coefficient (Wildman–Crippen LogP) is 3.24. The van der Waals surface area contributed by atoms with Crippen molar-refractivity contribution in [2.24, 2.45) is 5.92 Å². The van der Waals surface area contributed by atoms with Crippen LogP contribution in [0, 0.1) is 17.2 Å². The fraction of sp³-hybridized carbons (Fsp3) is 0.923. The van der Waals surface area contributed by atoms with E-state index in [4.69, 9.17) is 0 Å². The van der Waals surface area contributed by atoms with Crippen molar-refractivity contribution in [2.45, 2.75) is 70.9 Å². The number of nitrogens with one attached hydrogen (secondary N) is 1. The minimum absolute atomic E-state index is 0.310. The van der Waals surface area contributed by atoms with Gasteiger partial charge in [-0.1, -0.05) is 26.2 Å². The van der Waals surface area contributed by atoms with E-state index in [2.05, 4.69) is 32.2 Å². The third-order valence-electron chi connectivity index (χ3n) is 3.81. The molecule has 86 valence electrons. The van der Waals surface area contributed by atoms with Gasteiger partial charge in [0, 0.05) is 6.04 Å². The Morgan fingerprint density at radius 2 is 2.00 bits per heavy atom. The van der Waals surface area contributed by atoms with Crippen LogP contribution in [0.1, 0.15) is 59.3 Å². The normalized spacial score (nSPS) is 24.1. The second-order valence-corrected chi connectivity index (χ2v) is 5.10. The molecule has 0 spiro atoms. The van der Waals surface area contributed by atoms with Crippen LogP contribution in [0.4, 0.5) is 0 Å². The molecule has 0 aromatic heterocycles. The number of hydrogen-bond donors (Lipinski definition) is 1. The van der Waals surface area contributed by atoms with E-state index in [1.54, 1.807) is 0 Å². The average Bonchev–Trinajstić information content (AvgIpc) is 2.30. The van der Waals surface area contributed by atoms with Gasteiger partial charge in [0.1, 0.15) is 5.54 Å². The van der Waals surface area contributed by atoms with Gasteiger partial charge in [-0.2, -0.15) is 5.26 Å². The largest absolute Gasteiger partial charge is 0.297 e. The van der Waals surface area contributed by atoms with Crippen LogP contribution in [0.3, 0.4) is 0 Å². The molecule has 1 saturated carbocycles. The van der Waals surface area contributed by atoms with Gasteiger partial charge < -0.3 is 0 Å². The highest BCUT2D eigenvalue weighted by atomic mass is 15.0. The Bertz CT molecular complexity index is 225. The molecule has 0 radical (unpaired) electrons. The van der Waals surface area contributed by atoms with Gasteiger partial charge in [0.25, 0.3) is 0 Å². The van der Waals surface area contributed by atoms with E-state index in [1.807, 2.05) is 0 Å². The molecule has 0 aliphatic heterocycles. The zero-order valence-corrected chi connectivity index (χ0v) is 10.3. The van der Waals surface area contributed by atoms with E-state index in [9.17, 15) is 5.26 Å². The van der Waals surface area contributed by atoms with Crippen molar-refractivity contribution in [1.82, 2.24) is 5.32 Å². The van der Waals surface area contributed by atoms with E-state index < -0.39 is 0 Å². The summed E-state index contributed by atoms with van der Waals surface area (Å²) in [5.41, 5.74) is -0.310. The number of nitrogens with zero attached hydrogens (tertiary/aromatic N) is 1. The smallest absolute Gasteiger partial charge is 0.106 e. The highest BCUT2D eigenvalue weighted by molar-refractivity contribution is 5.09. The Labute approximate surface area is 94.1 Å². The van der Waals surface area contributed by atoms with E-state index in [-0.39, 0.29) is 5.54 Å². The molecule has 0 aromatic carbocycles. The van der Waals surface area contributed by atoms with Gasteiger partial charge in [-0.15, -0.1) is 0 Å². The second kappa shape index (κ2) is 5.51. The first-order valence-corrected chi connectivity index (χ1v) is 6.31. The SMILES string of the molecule is CCC(C)NC(C)(C#N)C1CCCCC1. The van der Waals surface area contributed by atoms with Crippen LogP contribution >= 0.6 is 0 Å². The third kappa shape index (κ3) is 3.21. The van der Waals surface area contributed by atoms with Crippen molar-refractivity contribution in [3.05, 3.63) is 0 Å². The zero-order valence-electron chi connectivity index (χ0n) is 10.3. The lowest BCUT2D eigenvalue weighted by Crippen LogP contribution is -2.51. The maximum Gasteiger partial charge on any atom is 0.106 e. The van der Waals surface area contributed by atoms with Crippen LogP contribution in [0.2, 0.25) is 0 Å². The number of hydrogen-bond acceptors (Lipinski definition) is 2. The molecule has 1 rings (SSSR count). The first-order valence-electron chi connectivity index (χ1n) is 6.31. The molecule has 1 N–H and O–H groups in total. The Morgan fingerprint density at radius 1 is 1.40 bits per heavy atom. The molecule has 2 unspecified atom stereocenters. The molecule has 0 heterocycles. The molecule has 2 atom stereocenters. The van der Waals surface area contributed by atoms with Crippen molar-refractivity contribution >= 4 is 0 Å². The van der Waals surface area contributed by atoms with Gasteiger partial charge in [0.15, 0.2) is 0 Å². The van der Waals surface area contributed by atoms with Crippen LogP contribution in [0.15, 0.2) is 0 Å². The minimum atomic E-state index is -0.310. The third-order valence-corrected chi connectivity index (χ3v) is 3.81. The summed E-state index contributed by atoms with van der Waals surface area (Å²) < 4.78 is 0. The fourth-order valence-electron chi connectivity index (χ4n) is 2.54. The number of rotatable bonds is 4. The molecule has 1 aliphatic carbocycles. The van der Waals surface area contributed by atoms with E-state index in [0.29, 0.717) is 12.0 Å². The zero-order chi connectivity index (χ0) is 11.3. The quantitative estimate of drug-likeness (QED) is 0.770. The Hall–Kier alpha value is -0.550. The highest BCUT2D eigenvalue weighted by Crippen LogP contribution is 2.32. The van der Waals surface area contributed by atoms with Crippen molar-refractivity contribution in [2.75, 3.05) is 0 Å². The lowest BCUT2D eigenvalue weighted by atomic mass is 9.76. The lowest BCUT2D eigenvalue weighted by Gasteiger charge is -2.37. The van der Waals surface area contributed by atoms with E-state index >= 15 is 0 Å². The summed E-state index contributed by atoms with van der Waals surface area (Å²) in [6, 6.07) is 2.94. The second-order valence-electron chi connectivity index (χ2n) is 5.10. The molecule has 0 saturated heterocycles. The summed E-state index contributed by atoms with van der Waals surface area (Å²) in [7, 11) is 0. The summed E-state index contributed by atoms with van der Waals surface area (Å²) >= 11 is 0. The molecule has 1 aliphatic rings. The van der Waals surface area contributed by atoms with Crippen molar-refractivity contribution in [3.8, 4) is 6.07 Å². The van der Waals surface area contributed by atoms with Gasteiger partial charge in [-0.05, 0) is 39.0 Å². The van der Waals surface area contributed by atoms with Crippen molar-refractivity contribution in [1.29, 1.82) is 5.26 Å². The minimum Gasteiger partial charge on any atom is -0.297 e. The maximum atomic E-state index is 9.37. The Kier molecular flexibility index (Phi) is 4.60. The van der Waals surface area contributed by atoms with Gasteiger partial charge in [0.05, 0.1) is 6.07 Å². The molecular formula is C13H24N2. The molecule has 0 amide bonds. The summed E-state index contributed by atoms with van der Waals surface area (Å²) in [5, 5.41) is 12.9. The van der Waals surface area contributed by atoms with E-state index in [0.717, 1.165) is 6.42 Å². The lowest BCUT2D eigenvalue weighted by molar-refractivity contribution is 0.211.